The van der Waals surface area contributed by atoms with Crippen molar-refractivity contribution in [3.05, 3.63) is 72.8 Å². The molecule has 1 aromatic carbocycles. The number of benzene rings is 1. The van der Waals surface area contributed by atoms with Crippen LogP contribution in [0, 0.1) is 10.1 Å². The molecule has 0 radical (unpaired) electrons. The van der Waals surface area contributed by atoms with E-state index in [1.165, 1.54) is 18.5 Å². The van der Waals surface area contributed by atoms with Crippen molar-refractivity contribution < 1.29 is 14.5 Å². The fraction of sp³-hybridized carbons (Fsp3) is 0.158. The number of hydrogen-bond acceptors (Lipinski definition) is 7. The monoisotopic (exact) mass is 481 g/mol. The summed E-state index contributed by atoms with van der Waals surface area (Å²) in [5.74, 6) is 0.479. The van der Waals surface area contributed by atoms with Crippen LogP contribution in [0.25, 0.3) is 0 Å². The number of nitro groups is 1. The highest BCUT2D eigenvalue weighted by molar-refractivity contribution is 8.01. The van der Waals surface area contributed by atoms with Gasteiger partial charge in [0.1, 0.15) is 14.8 Å². The molecule has 1 amide bonds. The molecule has 0 aliphatic carbocycles. The van der Waals surface area contributed by atoms with Gasteiger partial charge in [0.05, 0.1) is 26.5 Å². The molecule has 0 unspecified atom stereocenters. The number of carbonyl (C=O) groups is 1. The van der Waals surface area contributed by atoms with Gasteiger partial charge >= 0.3 is 0 Å². The molecule has 7 nitrogen and oxygen atoms in total. The Morgan fingerprint density at radius 3 is 2.80 bits per heavy atom. The predicted octanol–water partition coefficient (Wildman–Crippen LogP) is 5.37. The smallest absolute Gasteiger partial charge is 0.294 e. The predicted molar refractivity (Wildman–Crippen MR) is 116 cm³/mol. The molecule has 0 bridgehead atoms. The molecular weight excluding hydrogens is 469 g/mol. The van der Waals surface area contributed by atoms with Crippen LogP contribution in [0.5, 0.6) is 5.75 Å². The van der Waals surface area contributed by atoms with Crippen molar-refractivity contribution in [1.82, 2.24) is 10.3 Å². The Hall–Kier alpha value is -2.33. The fourth-order valence-corrected chi connectivity index (χ4v) is 5.67. The number of ether oxygens (including phenoxy) is 1. The lowest BCUT2D eigenvalue weighted by Crippen LogP contribution is -2.21. The van der Waals surface area contributed by atoms with E-state index >= 15 is 0 Å². The van der Waals surface area contributed by atoms with Crippen molar-refractivity contribution >= 4 is 57.9 Å². The summed E-state index contributed by atoms with van der Waals surface area (Å²) in [6, 6.07) is 7.03. The molecule has 11 heteroatoms. The second-order valence-corrected chi connectivity index (χ2v) is 9.44. The molecule has 0 spiro atoms. The summed E-state index contributed by atoms with van der Waals surface area (Å²) in [6.07, 6.45) is 3.66. The summed E-state index contributed by atoms with van der Waals surface area (Å²) in [7, 11) is 0. The van der Waals surface area contributed by atoms with Crippen LogP contribution in [0.3, 0.4) is 0 Å². The largest absolute Gasteiger partial charge is 0.493 e. The molecule has 0 saturated carbocycles. The fourth-order valence-electron chi connectivity index (χ4n) is 2.89. The lowest BCUT2D eigenvalue weighted by atomic mass is 10.1. The van der Waals surface area contributed by atoms with E-state index in [2.05, 4.69) is 10.3 Å². The number of aromatic nitrogens is 1. The summed E-state index contributed by atoms with van der Waals surface area (Å²) in [5.41, 5.74) is 1.87. The standard InChI is InChI=1S/C19H13Cl2N3O4S2/c20-12-8-22-9-13(21)17(12)30-19-14(24(26)27)6-16(29-19)18(25)23-7-10-1-2-15-11(5-10)3-4-28-15/h1-2,5-6,8-9H,3-4,7H2,(H,23,25). The second-order valence-electron chi connectivity index (χ2n) is 6.30. The maximum absolute atomic E-state index is 12.6. The Morgan fingerprint density at radius 1 is 1.30 bits per heavy atom. The summed E-state index contributed by atoms with van der Waals surface area (Å²) in [6.45, 7) is 0.970. The second kappa shape index (κ2) is 8.81. The van der Waals surface area contributed by atoms with Crippen molar-refractivity contribution in [2.45, 2.75) is 22.1 Å². The quantitative estimate of drug-likeness (QED) is 0.375. The van der Waals surface area contributed by atoms with Gasteiger partial charge in [0.25, 0.3) is 11.6 Å². The van der Waals surface area contributed by atoms with Crippen LogP contribution in [0.1, 0.15) is 20.8 Å². The van der Waals surface area contributed by atoms with Crippen LogP contribution in [0.4, 0.5) is 5.69 Å². The summed E-state index contributed by atoms with van der Waals surface area (Å²) in [5, 5.41) is 14.9. The Morgan fingerprint density at radius 2 is 2.07 bits per heavy atom. The van der Waals surface area contributed by atoms with E-state index in [1.807, 2.05) is 18.2 Å². The van der Waals surface area contributed by atoms with Gasteiger partial charge in [-0.2, -0.15) is 0 Å². The van der Waals surface area contributed by atoms with Gasteiger partial charge in [-0.25, -0.2) is 0 Å². The summed E-state index contributed by atoms with van der Waals surface area (Å²) in [4.78, 5) is 28.1. The number of thiophene rings is 1. The molecule has 4 rings (SSSR count). The number of fused-ring (bicyclic) bond motifs is 1. The van der Waals surface area contributed by atoms with Gasteiger partial charge in [-0.05, 0) is 17.2 Å². The number of amides is 1. The van der Waals surface area contributed by atoms with Gasteiger partial charge in [-0.15, -0.1) is 11.3 Å². The van der Waals surface area contributed by atoms with Crippen molar-refractivity contribution in [1.29, 1.82) is 0 Å². The Balaban J connectivity index is 1.52. The van der Waals surface area contributed by atoms with Gasteiger partial charge in [-0.1, -0.05) is 47.1 Å². The maximum atomic E-state index is 12.6. The number of hydrogen-bond donors (Lipinski definition) is 1. The SMILES string of the molecule is O=C(NCc1ccc2c(c1)CCO2)c1cc([N+](=O)[O-])c(Sc2c(Cl)cncc2Cl)s1. The number of carbonyl (C=O) groups excluding carboxylic acids is 1. The molecule has 0 saturated heterocycles. The third kappa shape index (κ3) is 4.39. The van der Waals surface area contributed by atoms with E-state index in [-0.39, 0.29) is 20.6 Å². The lowest BCUT2D eigenvalue weighted by molar-refractivity contribution is -0.387. The molecule has 2 aromatic heterocycles. The molecule has 1 aliphatic heterocycles. The topological polar surface area (TPSA) is 94.4 Å². The van der Waals surface area contributed by atoms with Crippen LogP contribution in [0.2, 0.25) is 10.0 Å². The van der Waals surface area contributed by atoms with Gasteiger partial charge < -0.3 is 10.1 Å². The molecule has 0 fully saturated rings. The Labute approximate surface area is 189 Å². The average Bonchev–Trinajstić information content (AvgIpc) is 3.35. The zero-order chi connectivity index (χ0) is 21.3. The molecule has 1 N–H and O–H groups in total. The molecule has 30 heavy (non-hydrogen) atoms. The van der Waals surface area contributed by atoms with E-state index in [0.717, 1.165) is 46.4 Å². The van der Waals surface area contributed by atoms with E-state index < -0.39 is 10.8 Å². The summed E-state index contributed by atoms with van der Waals surface area (Å²) >= 11 is 14.3. The van der Waals surface area contributed by atoms with Crippen LogP contribution in [-0.4, -0.2) is 22.4 Å². The highest BCUT2D eigenvalue weighted by Crippen LogP contribution is 2.45. The number of nitrogens with one attached hydrogen (secondary N) is 1. The van der Waals surface area contributed by atoms with E-state index in [1.54, 1.807) is 0 Å². The lowest BCUT2D eigenvalue weighted by Gasteiger charge is -2.06. The third-order valence-electron chi connectivity index (χ3n) is 4.31. The Kier molecular flexibility index (Phi) is 6.14. The normalized spacial score (nSPS) is 12.3. The molecule has 1 aliphatic rings. The van der Waals surface area contributed by atoms with Crippen LogP contribution in [0.15, 0.2) is 45.8 Å². The van der Waals surface area contributed by atoms with Gasteiger partial charge in [0, 0.05) is 31.4 Å². The minimum absolute atomic E-state index is 0.172. The first-order valence-corrected chi connectivity index (χ1v) is 11.1. The van der Waals surface area contributed by atoms with E-state index in [4.69, 9.17) is 27.9 Å². The third-order valence-corrected chi connectivity index (χ3v) is 7.56. The maximum Gasteiger partial charge on any atom is 0.294 e. The minimum atomic E-state index is -0.529. The highest BCUT2D eigenvalue weighted by Gasteiger charge is 2.25. The highest BCUT2D eigenvalue weighted by atomic mass is 35.5. The number of rotatable bonds is 6. The van der Waals surface area contributed by atoms with Crippen LogP contribution < -0.4 is 10.1 Å². The first-order valence-electron chi connectivity index (χ1n) is 8.70. The van der Waals surface area contributed by atoms with Crippen LogP contribution in [-0.2, 0) is 13.0 Å². The average molecular weight is 482 g/mol. The Bertz CT molecular complexity index is 1130. The minimum Gasteiger partial charge on any atom is -0.493 e. The van der Waals surface area contributed by atoms with Gasteiger partial charge in [-0.3, -0.25) is 19.9 Å². The van der Waals surface area contributed by atoms with Crippen molar-refractivity contribution in [2.75, 3.05) is 6.61 Å². The first-order chi connectivity index (χ1) is 14.4. The number of pyridine rings is 1. The van der Waals surface area contributed by atoms with Crippen molar-refractivity contribution in [3.8, 4) is 5.75 Å². The van der Waals surface area contributed by atoms with Crippen molar-refractivity contribution in [3.63, 3.8) is 0 Å². The molecular formula is C19H13Cl2N3O4S2. The molecule has 0 atom stereocenters. The molecule has 154 valence electrons. The van der Waals surface area contributed by atoms with E-state index in [9.17, 15) is 14.9 Å². The zero-order valence-electron chi connectivity index (χ0n) is 15.2. The molecule has 3 heterocycles. The first kappa shape index (κ1) is 20.9. The zero-order valence-corrected chi connectivity index (χ0v) is 18.3. The van der Waals surface area contributed by atoms with Crippen LogP contribution >= 0.6 is 46.3 Å². The summed E-state index contributed by atoms with van der Waals surface area (Å²) < 4.78 is 5.79. The molecule has 3 aromatic rings. The number of nitrogens with zero attached hydrogens (tertiary/aromatic N) is 2. The van der Waals surface area contributed by atoms with Gasteiger partial charge in [0.15, 0.2) is 0 Å². The van der Waals surface area contributed by atoms with Crippen molar-refractivity contribution in [2.24, 2.45) is 0 Å². The van der Waals surface area contributed by atoms with Gasteiger partial charge in [0.2, 0.25) is 0 Å². The van der Waals surface area contributed by atoms with E-state index in [0.29, 0.717) is 22.3 Å². The number of halogens is 2.